The number of nitrogens with one attached hydrogen (secondary N) is 2. The number of carbonyl (C=O) groups excluding carboxylic acids is 2. The number of rotatable bonds is 67. The number of carbonyl (C=O) groups is 2. The van der Waals surface area contributed by atoms with E-state index in [1.807, 2.05) is 18.2 Å². The van der Waals surface area contributed by atoms with Gasteiger partial charge in [0.2, 0.25) is 0 Å². The van der Waals surface area contributed by atoms with Crippen LogP contribution in [0.5, 0.6) is 5.75 Å². The maximum Gasteiger partial charge on any atom is 0.255 e. The van der Waals surface area contributed by atoms with Crippen molar-refractivity contribution in [3.8, 4) is 5.75 Å². The van der Waals surface area contributed by atoms with Crippen LogP contribution in [-0.4, -0.2) is 31.5 Å². The minimum absolute atomic E-state index is 0.0717. The van der Waals surface area contributed by atoms with E-state index < -0.39 is 0 Å². The average molecular weight is 1120 g/mol. The Balaban J connectivity index is 2.27. The maximum atomic E-state index is 13.5. The topological polar surface area (TPSA) is 67.4 Å². The van der Waals surface area contributed by atoms with Gasteiger partial charge in [-0.2, -0.15) is 0 Å². The molecular formula is C75H142N2O3. The van der Waals surface area contributed by atoms with E-state index in [-0.39, 0.29) is 11.8 Å². The first-order valence-electron chi connectivity index (χ1n) is 37.0. The van der Waals surface area contributed by atoms with Crippen LogP contribution in [0, 0.1) is 0 Å². The highest BCUT2D eigenvalue weighted by molar-refractivity contribution is 6.00. The maximum absolute atomic E-state index is 13.5. The van der Waals surface area contributed by atoms with Gasteiger partial charge in [-0.15, -0.1) is 0 Å². The molecule has 0 heterocycles. The van der Waals surface area contributed by atoms with Crippen LogP contribution < -0.4 is 15.4 Å². The Morgan fingerprint density at radius 3 is 0.738 bits per heavy atom. The normalized spacial score (nSPS) is 11.5. The van der Waals surface area contributed by atoms with Crippen LogP contribution in [0.4, 0.5) is 0 Å². The van der Waals surface area contributed by atoms with Gasteiger partial charge in [-0.1, -0.05) is 393 Å². The van der Waals surface area contributed by atoms with Crippen LogP contribution in [0.3, 0.4) is 0 Å². The summed E-state index contributed by atoms with van der Waals surface area (Å²) in [5, 5.41) is 6.35. The predicted octanol–water partition coefficient (Wildman–Crippen LogP) is 25.4. The van der Waals surface area contributed by atoms with E-state index in [0.29, 0.717) is 36.6 Å². The van der Waals surface area contributed by atoms with Crippen LogP contribution in [0.15, 0.2) is 18.2 Å². The van der Waals surface area contributed by atoms with Gasteiger partial charge < -0.3 is 15.4 Å². The van der Waals surface area contributed by atoms with E-state index in [1.54, 1.807) is 0 Å². The van der Waals surface area contributed by atoms with Gasteiger partial charge in [0.1, 0.15) is 5.75 Å². The minimum atomic E-state index is -0.0905. The molecule has 0 aliphatic heterocycles. The van der Waals surface area contributed by atoms with Crippen molar-refractivity contribution >= 4 is 11.8 Å². The lowest BCUT2D eigenvalue weighted by molar-refractivity contribution is 0.0937. The summed E-state index contributed by atoms with van der Waals surface area (Å²) in [7, 11) is 0. The second kappa shape index (κ2) is 64.5. The lowest BCUT2D eigenvalue weighted by Gasteiger charge is -2.14. The van der Waals surface area contributed by atoms with Crippen molar-refractivity contribution in [3.05, 3.63) is 29.3 Å². The summed E-state index contributed by atoms with van der Waals surface area (Å²) in [6, 6.07) is 5.43. The molecule has 0 unspecified atom stereocenters. The molecule has 5 heteroatoms. The second-order valence-corrected chi connectivity index (χ2v) is 25.6. The first kappa shape index (κ1) is 76.0. The van der Waals surface area contributed by atoms with Gasteiger partial charge >= 0.3 is 0 Å². The first-order chi connectivity index (χ1) is 39.6. The number of ether oxygens (including phenoxy) is 1. The molecule has 2 N–H and O–H groups in total. The quantitative estimate of drug-likeness (QED) is 0.0639. The summed E-state index contributed by atoms with van der Waals surface area (Å²) in [6.45, 7) is 8.84. The third-order valence-electron chi connectivity index (χ3n) is 17.6. The van der Waals surface area contributed by atoms with Gasteiger partial charge in [0.25, 0.3) is 11.8 Å². The van der Waals surface area contributed by atoms with Gasteiger partial charge in [0.15, 0.2) is 0 Å². The Kier molecular flexibility index (Phi) is 61.3. The third kappa shape index (κ3) is 53.9. The summed E-state index contributed by atoms with van der Waals surface area (Å²) >= 11 is 0. The highest BCUT2D eigenvalue weighted by Crippen LogP contribution is 2.23. The van der Waals surface area contributed by atoms with Crippen molar-refractivity contribution in [1.29, 1.82) is 0 Å². The molecule has 470 valence electrons. The van der Waals surface area contributed by atoms with E-state index in [2.05, 4.69) is 31.4 Å². The van der Waals surface area contributed by atoms with E-state index in [4.69, 9.17) is 4.74 Å². The van der Waals surface area contributed by atoms with E-state index in [0.717, 1.165) is 38.5 Å². The summed E-state index contributed by atoms with van der Waals surface area (Å²) in [5.41, 5.74) is 1.13. The van der Waals surface area contributed by atoms with Crippen LogP contribution >= 0.6 is 0 Å². The monoisotopic (exact) mass is 1120 g/mol. The molecule has 0 saturated heterocycles. The van der Waals surface area contributed by atoms with Crippen molar-refractivity contribution in [2.75, 3.05) is 19.7 Å². The van der Waals surface area contributed by atoms with Gasteiger partial charge in [0, 0.05) is 18.7 Å². The van der Waals surface area contributed by atoms with Gasteiger partial charge in [-0.25, -0.2) is 0 Å². The molecule has 0 aliphatic rings. The number of unbranched alkanes of at least 4 members (excludes halogenated alkanes) is 58. The largest absolute Gasteiger partial charge is 0.493 e. The number of hydrogen-bond acceptors (Lipinski definition) is 3. The highest BCUT2D eigenvalue weighted by atomic mass is 16.5. The molecule has 0 fully saturated rings. The molecule has 0 radical (unpaired) electrons. The average Bonchev–Trinajstić information content (AvgIpc) is 3.47. The Morgan fingerprint density at radius 1 is 0.275 bits per heavy atom. The van der Waals surface area contributed by atoms with Crippen LogP contribution in [0.25, 0.3) is 0 Å². The first-order valence-corrected chi connectivity index (χ1v) is 37.0. The van der Waals surface area contributed by atoms with Crippen molar-refractivity contribution in [3.63, 3.8) is 0 Å². The minimum Gasteiger partial charge on any atom is -0.493 e. The van der Waals surface area contributed by atoms with E-state index in [9.17, 15) is 9.59 Å². The molecular weight excluding hydrogens is 977 g/mol. The molecule has 5 nitrogen and oxygen atoms in total. The molecule has 0 saturated carbocycles. The molecule has 0 aliphatic carbocycles. The molecule has 0 bridgehead atoms. The summed E-state index contributed by atoms with van der Waals surface area (Å²) in [5.74, 6) is 0.384. The highest BCUT2D eigenvalue weighted by Gasteiger charge is 2.16. The fourth-order valence-corrected chi connectivity index (χ4v) is 12.0. The SMILES string of the molecule is CCCCCCCCCCCCCCCCCCCCCCCCCNC(=O)c1ccc(C(=O)NCCCCCCCCCCCCCCCCCCCCCCCCC)c(OCCCCCCCCCCCCCCCCC)c1. The fourth-order valence-electron chi connectivity index (χ4n) is 12.0. The molecule has 1 rings (SSSR count). The summed E-state index contributed by atoms with van der Waals surface area (Å²) < 4.78 is 6.34. The predicted molar refractivity (Wildman–Crippen MR) is 355 cm³/mol. The smallest absolute Gasteiger partial charge is 0.255 e. The zero-order valence-corrected chi connectivity index (χ0v) is 54.7. The molecule has 0 spiro atoms. The molecule has 2 amide bonds. The van der Waals surface area contributed by atoms with E-state index >= 15 is 0 Å². The van der Waals surface area contributed by atoms with Crippen molar-refractivity contribution in [2.45, 2.75) is 412 Å². The van der Waals surface area contributed by atoms with Crippen LogP contribution in [0.1, 0.15) is 433 Å². The Bertz CT molecular complexity index is 1400. The van der Waals surface area contributed by atoms with Gasteiger partial charge in [0.05, 0.1) is 12.2 Å². The van der Waals surface area contributed by atoms with E-state index in [1.165, 1.54) is 353 Å². The number of hydrogen-bond donors (Lipinski definition) is 2. The molecule has 0 aromatic heterocycles. The molecule has 1 aromatic carbocycles. The Hall–Kier alpha value is -2.04. The molecule has 80 heavy (non-hydrogen) atoms. The second-order valence-electron chi connectivity index (χ2n) is 25.6. The molecule has 1 aromatic rings. The fraction of sp³-hybridized carbons (Fsp3) is 0.893. The van der Waals surface area contributed by atoms with Gasteiger partial charge in [-0.05, 0) is 37.5 Å². The van der Waals surface area contributed by atoms with Crippen LogP contribution in [-0.2, 0) is 0 Å². The van der Waals surface area contributed by atoms with Crippen molar-refractivity contribution < 1.29 is 14.3 Å². The number of amides is 2. The standard InChI is InChI=1S/C75H142N2O3/c1-4-7-10-13-16-19-22-25-28-30-32-34-36-38-40-42-44-47-50-53-56-59-62-67-76-74(78)71-65-66-72(73(70-71)80-69-64-61-58-55-52-49-46-27-24-21-18-15-12-9-6-3)75(79)77-68-63-60-57-54-51-48-45-43-41-39-37-35-33-31-29-26-23-20-17-14-11-8-5-2/h65-66,70H,4-64,67-69H2,1-3H3,(H,76,78)(H,77,79). The van der Waals surface area contributed by atoms with Gasteiger partial charge in [-0.3, -0.25) is 9.59 Å². The summed E-state index contributed by atoms with van der Waals surface area (Å²) in [6.07, 6.45) is 83.5. The van der Waals surface area contributed by atoms with Crippen LogP contribution in [0.2, 0.25) is 0 Å². The summed E-state index contributed by atoms with van der Waals surface area (Å²) in [4.78, 5) is 26.9. The lowest BCUT2D eigenvalue weighted by Crippen LogP contribution is -2.26. The Morgan fingerprint density at radius 2 is 0.487 bits per heavy atom. The van der Waals surface area contributed by atoms with Crippen molar-refractivity contribution in [2.24, 2.45) is 0 Å². The Labute approximate surface area is 501 Å². The lowest BCUT2D eigenvalue weighted by atomic mass is 10.0. The third-order valence-corrected chi connectivity index (χ3v) is 17.6. The number of benzene rings is 1. The molecule has 0 atom stereocenters. The zero-order valence-electron chi connectivity index (χ0n) is 54.7. The van der Waals surface area contributed by atoms with Crippen molar-refractivity contribution in [1.82, 2.24) is 10.6 Å². The zero-order chi connectivity index (χ0) is 57.4.